The van der Waals surface area contributed by atoms with Crippen molar-refractivity contribution in [2.75, 3.05) is 32.7 Å². The van der Waals surface area contributed by atoms with Crippen LogP contribution in [0.25, 0.3) is 0 Å². The number of amides is 2. The second-order valence-electron chi connectivity index (χ2n) is 6.26. The van der Waals surface area contributed by atoms with E-state index in [0.29, 0.717) is 25.9 Å². The zero-order valence-corrected chi connectivity index (χ0v) is 13.1. The van der Waals surface area contributed by atoms with Crippen molar-refractivity contribution < 1.29 is 14.7 Å². The molecule has 6 nitrogen and oxygen atoms in total. The predicted molar refractivity (Wildman–Crippen MR) is 80.2 cm³/mol. The summed E-state index contributed by atoms with van der Waals surface area (Å²) in [5.74, 6) is -0.0848. The first-order chi connectivity index (χ1) is 10.0. The number of nitrogens with zero attached hydrogens (tertiary/aromatic N) is 2. The number of aliphatic carboxylic acids is 1. The van der Waals surface area contributed by atoms with Crippen LogP contribution in [0.1, 0.15) is 39.5 Å². The van der Waals surface area contributed by atoms with E-state index in [2.05, 4.69) is 10.2 Å². The molecule has 1 heterocycles. The van der Waals surface area contributed by atoms with Gasteiger partial charge in [0.05, 0.1) is 0 Å². The highest BCUT2D eigenvalue weighted by molar-refractivity contribution is 5.86. The Morgan fingerprint density at radius 2 is 1.71 bits per heavy atom. The van der Waals surface area contributed by atoms with Gasteiger partial charge in [-0.05, 0) is 31.6 Å². The molecule has 1 saturated carbocycles. The molecule has 0 bridgehead atoms. The second-order valence-corrected chi connectivity index (χ2v) is 6.26. The van der Waals surface area contributed by atoms with Gasteiger partial charge in [-0.25, -0.2) is 9.59 Å². The molecule has 0 aromatic rings. The van der Waals surface area contributed by atoms with E-state index in [1.165, 1.54) is 12.8 Å². The summed E-state index contributed by atoms with van der Waals surface area (Å²) >= 11 is 0. The van der Waals surface area contributed by atoms with Crippen molar-refractivity contribution >= 4 is 12.0 Å². The number of carboxylic acid groups (broad SMARTS) is 1. The fourth-order valence-electron chi connectivity index (χ4n) is 2.87. The van der Waals surface area contributed by atoms with Gasteiger partial charge in [-0.2, -0.15) is 0 Å². The first-order valence-corrected chi connectivity index (χ1v) is 8.03. The smallest absolute Gasteiger partial charge is 0.329 e. The van der Waals surface area contributed by atoms with E-state index >= 15 is 0 Å². The maximum Gasteiger partial charge on any atom is 0.329 e. The van der Waals surface area contributed by atoms with E-state index in [-0.39, 0.29) is 6.03 Å². The summed E-state index contributed by atoms with van der Waals surface area (Å²) in [4.78, 5) is 27.9. The number of piperazine rings is 1. The molecule has 0 spiro atoms. The van der Waals surface area contributed by atoms with Crippen LogP contribution in [0.4, 0.5) is 4.79 Å². The van der Waals surface area contributed by atoms with Crippen LogP contribution in [0.5, 0.6) is 0 Å². The zero-order valence-electron chi connectivity index (χ0n) is 13.1. The first kappa shape index (κ1) is 16.1. The molecule has 1 aliphatic heterocycles. The maximum atomic E-state index is 12.3. The molecule has 1 saturated heterocycles. The average Bonchev–Trinajstić information content (AvgIpc) is 3.29. The highest BCUT2D eigenvalue weighted by Gasteiger charge is 2.38. The van der Waals surface area contributed by atoms with Crippen molar-refractivity contribution in [2.45, 2.75) is 45.1 Å². The van der Waals surface area contributed by atoms with Gasteiger partial charge in [0.25, 0.3) is 0 Å². The Morgan fingerprint density at radius 3 is 2.14 bits per heavy atom. The van der Waals surface area contributed by atoms with E-state index in [1.807, 2.05) is 0 Å². The topological polar surface area (TPSA) is 72.9 Å². The molecule has 2 fully saturated rings. The standard InChI is InChI=1S/C15H27N3O3/c1-3-15(4-2,13(19)20)16-14(21)18-9-7-17(8-10-18)11-12-5-6-12/h12H,3-11H2,1-2H3,(H,16,21)(H,19,20). The third-order valence-electron chi connectivity index (χ3n) is 4.84. The van der Waals surface area contributed by atoms with Crippen molar-refractivity contribution in [3.8, 4) is 0 Å². The van der Waals surface area contributed by atoms with Gasteiger partial charge in [-0.15, -0.1) is 0 Å². The van der Waals surface area contributed by atoms with Crippen molar-refractivity contribution in [1.29, 1.82) is 0 Å². The summed E-state index contributed by atoms with van der Waals surface area (Å²) in [6, 6.07) is -0.243. The SMILES string of the molecule is CCC(CC)(NC(=O)N1CCN(CC2CC2)CC1)C(=O)O. The summed E-state index contributed by atoms with van der Waals surface area (Å²) in [6.07, 6.45) is 3.47. The third-order valence-corrected chi connectivity index (χ3v) is 4.84. The molecule has 0 unspecified atom stereocenters. The lowest BCUT2D eigenvalue weighted by atomic mass is 9.93. The molecule has 0 aromatic carbocycles. The van der Waals surface area contributed by atoms with Gasteiger partial charge in [-0.1, -0.05) is 13.8 Å². The Balaban J connectivity index is 1.84. The maximum absolute atomic E-state index is 12.3. The molecule has 1 aliphatic carbocycles. The minimum absolute atomic E-state index is 0.243. The highest BCUT2D eigenvalue weighted by atomic mass is 16.4. The molecule has 2 aliphatic rings. The van der Waals surface area contributed by atoms with Crippen LogP contribution >= 0.6 is 0 Å². The number of carbonyl (C=O) groups is 2. The fourth-order valence-corrected chi connectivity index (χ4v) is 2.87. The lowest BCUT2D eigenvalue weighted by Gasteiger charge is -2.37. The number of rotatable bonds is 6. The normalized spacial score (nSPS) is 20.4. The van der Waals surface area contributed by atoms with Gasteiger partial charge in [0.2, 0.25) is 0 Å². The van der Waals surface area contributed by atoms with Gasteiger partial charge < -0.3 is 15.3 Å². The van der Waals surface area contributed by atoms with Gasteiger partial charge in [0, 0.05) is 32.7 Å². The van der Waals surface area contributed by atoms with Crippen molar-refractivity contribution in [1.82, 2.24) is 15.1 Å². The van der Waals surface area contributed by atoms with Crippen molar-refractivity contribution in [3.63, 3.8) is 0 Å². The molecule has 0 atom stereocenters. The average molecular weight is 297 g/mol. The van der Waals surface area contributed by atoms with E-state index in [1.54, 1.807) is 18.7 Å². The molecule has 2 rings (SSSR count). The van der Waals surface area contributed by atoms with Gasteiger partial charge in [0.15, 0.2) is 0 Å². The van der Waals surface area contributed by atoms with Crippen LogP contribution in [0.3, 0.4) is 0 Å². The second kappa shape index (κ2) is 6.64. The van der Waals surface area contributed by atoms with Gasteiger partial charge in [0.1, 0.15) is 5.54 Å². The van der Waals surface area contributed by atoms with Crippen LogP contribution in [0, 0.1) is 5.92 Å². The summed E-state index contributed by atoms with van der Waals surface area (Å²) in [6.45, 7) is 7.89. The fraction of sp³-hybridized carbons (Fsp3) is 0.867. The van der Waals surface area contributed by atoms with Gasteiger partial charge in [-0.3, -0.25) is 4.90 Å². The minimum atomic E-state index is -1.14. The van der Waals surface area contributed by atoms with Crippen molar-refractivity contribution in [3.05, 3.63) is 0 Å². The van der Waals surface area contributed by atoms with Crippen LogP contribution in [-0.4, -0.2) is 65.2 Å². The Hall–Kier alpha value is -1.30. The highest BCUT2D eigenvalue weighted by Crippen LogP contribution is 2.29. The Morgan fingerprint density at radius 1 is 1.14 bits per heavy atom. The number of carbonyl (C=O) groups excluding carboxylic acids is 1. The zero-order chi connectivity index (χ0) is 15.5. The van der Waals surface area contributed by atoms with E-state index in [4.69, 9.17) is 0 Å². The molecule has 2 amide bonds. The molecular formula is C15H27N3O3. The van der Waals surface area contributed by atoms with E-state index in [0.717, 1.165) is 25.6 Å². The number of urea groups is 1. The van der Waals surface area contributed by atoms with Crippen molar-refractivity contribution in [2.24, 2.45) is 5.92 Å². The summed E-state index contributed by atoms with van der Waals surface area (Å²) in [5, 5.41) is 12.1. The summed E-state index contributed by atoms with van der Waals surface area (Å²) in [7, 11) is 0. The largest absolute Gasteiger partial charge is 0.480 e. The summed E-state index contributed by atoms with van der Waals surface area (Å²) < 4.78 is 0. The Kier molecular flexibility index (Phi) is 5.08. The molecule has 6 heteroatoms. The molecule has 2 N–H and O–H groups in total. The monoisotopic (exact) mass is 297 g/mol. The van der Waals surface area contributed by atoms with Crippen LogP contribution < -0.4 is 5.32 Å². The number of hydrogen-bond donors (Lipinski definition) is 2. The van der Waals surface area contributed by atoms with E-state index in [9.17, 15) is 14.7 Å². The third kappa shape index (κ3) is 3.87. The van der Waals surface area contributed by atoms with Crippen LogP contribution in [0.2, 0.25) is 0 Å². The summed E-state index contributed by atoms with van der Waals surface area (Å²) in [5.41, 5.74) is -1.14. The number of hydrogen-bond acceptors (Lipinski definition) is 3. The number of carboxylic acids is 1. The van der Waals surface area contributed by atoms with Crippen LogP contribution in [0.15, 0.2) is 0 Å². The predicted octanol–water partition coefficient (Wildman–Crippen LogP) is 1.37. The number of nitrogens with one attached hydrogen (secondary N) is 1. The molecule has 21 heavy (non-hydrogen) atoms. The Labute approximate surface area is 126 Å². The Bertz CT molecular complexity index is 384. The quantitative estimate of drug-likeness (QED) is 0.776. The first-order valence-electron chi connectivity index (χ1n) is 8.03. The molecule has 0 aromatic heterocycles. The lowest BCUT2D eigenvalue weighted by Crippen LogP contribution is -2.60. The van der Waals surface area contributed by atoms with Crippen LogP contribution in [-0.2, 0) is 4.79 Å². The van der Waals surface area contributed by atoms with E-state index < -0.39 is 11.5 Å². The minimum Gasteiger partial charge on any atom is -0.480 e. The molecule has 120 valence electrons. The lowest BCUT2D eigenvalue weighted by molar-refractivity contribution is -0.144. The molecule has 0 radical (unpaired) electrons. The molecular weight excluding hydrogens is 270 g/mol. The van der Waals surface area contributed by atoms with Gasteiger partial charge >= 0.3 is 12.0 Å².